The van der Waals surface area contributed by atoms with Gasteiger partial charge in [-0.3, -0.25) is 0 Å². The van der Waals surface area contributed by atoms with Gasteiger partial charge in [-0.1, -0.05) is 4.68 Å². The first-order chi connectivity index (χ1) is 9.24. The van der Waals surface area contributed by atoms with E-state index in [4.69, 9.17) is 9.47 Å². The molecule has 0 unspecified atom stereocenters. The van der Waals surface area contributed by atoms with Crippen molar-refractivity contribution in [3.63, 3.8) is 0 Å². The summed E-state index contributed by atoms with van der Waals surface area (Å²) >= 11 is 0. The molecule has 0 spiro atoms. The number of ether oxygens (including phenoxy) is 2. The summed E-state index contributed by atoms with van der Waals surface area (Å²) in [6, 6.07) is 9.60. The molecule has 19 heavy (non-hydrogen) atoms. The Labute approximate surface area is 112 Å². The van der Waals surface area contributed by atoms with Gasteiger partial charge in [-0.2, -0.15) is 0 Å². The number of hydrogen-bond donors (Lipinski definition) is 0. The molecule has 0 amide bonds. The Balaban J connectivity index is 2.34. The minimum atomic E-state index is 0.802. The van der Waals surface area contributed by atoms with Crippen LogP contribution >= 0.6 is 0 Å². The predicted octanol–water partition coefficient (Wildman–Crippen LogP) is 2.09. The van der Waals surface area contributed by atoms with E-state index in [1.165, 1.54) is 0 Å². The van der Waals surface area contributed by atoms with Crippen LogP contribution in [0.2, 0.25) is 0 Å². The third-order valence-corrected chi connectivity index (χ3v) is 2.84. The fourth-order valence-corrected chi connectivity index (χ4v) is 1.76. The smallest absolute Gasteiger partial charge is 0.231 e. The molecule has 0 radical (unpaired) electrons. The summed E-state index contributed by atoms with van der Waals surface area (Å²) in [4.78, 5) is 0. The lowest BCUT2D eigenvalue weighted by molar-refractivity contribution is -0.732. The Morgan fingerprint density at radius 1 is 1.11 bits per heavy atom. The molecule has 0 aliphatic rings. The molecule has 0 aliphatic carbocycles. The van der Waals surface area contributed by atoms with E-state index in [0.29, 0.717) is 0 Å². The molecule has 1 aromatic carbocycles. The predicted molar refractivity (Wildman–Crippen MR) is 73.9 cm³/mol. The van der Waals surface area contributed by atoms with Crippen LogP contribution in [0.15, 0.2) is 36.5 Å². The Morgan fingerprint density at radius 3 is 2.63 bits per heavy atom. The highest BCUT2D eigenvalue weighted by atomic mass is 16.5. The fourth-order valence-electron chi connectivity index (χ4n) is 1.76. The van der Waals surface area contributed by atoms with E-state index < -0.39 is 0 Å². The number of methoxy groups -OCH3 is 2. The lowest BCUT2D eigenvalue weighted by Gasteiger charge is -2.06. The molecule has 0 atom stereocenters. The Kier molecular flexibility index (Phi) is 4.13. The number of hydrogen-bond acceptors (Lipinski definition) is 3. The van der Waals surface area contributed by atoms with Gasteiger partial charge in [-0.15, -0.1) is 0 Å². The van der Waals surface area contributed by atoms with Crippen molar-refractivity contribution in [1.29, 1.82) is 0 Å². The van der Waals surface area contributed by atoms with Gasteiger partial charge in [0.15, 0.2) is 7.05 Å². The molecule has 4 heteroatoms. The summed E-state index contributed by atoms with van der Waals surface area (Å²) in [6.45, 7) is 0. The number of benzene rings is 1. The second kappa shape index (κ2) is 6.00. The lowest BCUT2D eigenvalue weighted by atomic mass is 10.1. The second-order valence-electron chi connectivity index (χ2n) is 4.01. The number of aromatic nitrogens is 2. The van der Waals surface area contributed by atoms with Crippen LogP contribution in [0.3, 0.4) is 0 Å². The molecule has 1 heterocycles. The van der Waals surface area contributed by atoms with Crippen molar-refractivity contribution in [2.75, 3.05) is 14.2 Å². The summed E-state index contributed by atoms with van der Waals surface area (Å²) in [6.07, 6.45) is 5.73. The maximum atomic E-state index is 5.33. The number of rotatable bonds is 4. The number of nitrogens with zero attached hydrogens (tertiary/aromatic N) is 2. The molecule has 0 aliphatic heterocycles. The molecule has 0 N–H and O–H groups in total. The van der Waals surface area contributed by atoms with Crippen LogP contribution in [0.4, 0.5) is 0 Å². The third-order valence-electron chi connectivity index (χ3n) is 2.84. The van der Waals surface area contributed by atoms with Crippen LogP contribution in [0.5, 0.6) is 11.5 Å². The first kappa shape index (κ1) is 13.1. The molecule has 0 bridgehead atoms. The zero-order valence-corrected chi connectivity index (χ0v) is 11.3. The molecule has 4 nitrogen and oxygen atoms in total. The summed E-state index contributed by atoms with van der Waals surface area (Å²) in [5, 5.41) is 4.18. The van der Waals surface area contributed by atoms with Crippen molar-refractivity contribution >= 4 is 12.2 Å². The molecule has 98 valence electrons. The van der Waals surface area contributed by atoms with E-state index in [2.05, 4.69) is 5.10 Å². The van der Waals surface area contributed by atoms with Gasteiger partial charge in [0, 0.05) is 17.7 Å². The Hall–Kier alpha value is -2.36. The first-order valence-corrected chi connectivity index (χ1v) is 5.96. The van der Waals surface area contributed by atoms with Crippen molar-refractivity contribution in [3.8, 4) is 11.5 Å². The van der Waals surface area contributed by atoms with Crippen molar-refractivity contribution in [2.45, 2.75) is 0 Å². The minimum absolute atomic E-state index is 0.802. The molecule has 0 saturated carbocycles. The minimum Gasteiger partial charge on any atom is -0.497 e. The topological polar surface area (TPSA) is 35.2 Å². The average Bonchev–Trinajstić information content (AvgIpc) is 2.46. The van der Waals surface area contributed by atoms with Crippen LogP contribution in [0.25, 0.3) is 12.2 Å². The third kappa shape index (κ3) is 3.10. The molecular weight excluding hydrogens is 240 g/mol. The average molecular weight is 257 g/mol. The summed E-state index contributed by atoms with van der Waals surface area (Å²) in [7, 11) is 5.21. The van der Waals surface area contributed by atoms with Crippen molar-refractivity contribution in [1.82, 2.24) is 5.10 Å². The van der Waals surface area contributed by atoms with E-state index in [9.17, 15) is 0 Å². The van der Waals surface area contributed by atoms with Crippen LogP contribution in [0, 0.1) is 0 Å². The highest BCUT2D eigenvalue weighted by Crippen LogP contribution is 2.25. The van der Waals surface area contributed by atoms with E-state index in [1.807, 2.05) is 54.2 Å². The van der Waals surface area contributed by atoms with Gasteiger partial charge in [0.25, 0.3) is 0 Å². The van der Waals surface area contributed by atoms with E-state index in [-0.39, 0.29) is 0 Å². The summed E-state index contributed by atoms with van der Waals surface area (Å²) in [5.41, 5.74) is 1.97. The zero-order valence-electron chi connectivity index (χ0n) is 11.3. The quantitative estimate of drug-likeness (QED) is 0.787. The molecule has 2 rings (SSSR count). The van der Waals surface area contributed by atoms with Crippen LogP contribution < -0.4 is 14.2 Å². The van der Waals surface area contributed by atoms with E-state index >= 15 is 0 Å². The standard InChI is InChI=1S/C15H17N2O2/c1-17-13(5-4-10-16-17)7-6-12-11-14(18-2)8-9-15(12)19-3/h4-11H,1-3H3/q+1. The van der Waals surface area contributed by atoms with Gasteiger partial charge in [-0.25, -0.2) is 0 Å². The number of aryl methyl sites for hydroxylation is 1. The van der Waals surface area contributed by atoms with Gasteiger partial charge in [0.1, 0.15) is 11.5 Å². The largest absolute Gasteiger partial charge is 0.497 e. The van der Waals surface area contributed by atoms with Crippen molar-refractivity contribution in [3.05, 3.63) is 47.8 Å². The Morgan fingerprint density at radius 2 is 1.95 bits per heavy atom. The summed E-state index contributed by atoms with van der Waals surface area (Å²) in [5.74, 6) is 1.61. The highest BCUT2D eigenvalue weighted by Gasteiger charge is 2.04. The van der Waals surface area contributed by atoms with Crippen LogP contribution in [-0.4, -0.2) is 19.3 Å². The summed E-state index contributed by atoms with van der Waals surface area (Å²) < 4.78 is 12.4. The molecular formula is C15H17N2O2+. The van der Waals surface area contributed by atoms with Crippen molar-refractivity contribution in [2.24, 2.45) is 7.05 Å². The maximum Gasteiger partial charge on any atom is 0.231 e. The normalized spacial score (nSPS) is 10.7. The molecule has 0 fully saturated rings. The molecule has 1 aromatic heterocycles. The SMILES string of the molecule is COc1ccc(OC)c(C=Cc2cccn[n+]2C)c1. The van der Waals surface area contributed by atoms with Crippen molar-refractivity contribution < 1.29 is 14.2 Å². The fraction of sp³-hybridized carbons (Fsp3) is 0.200. The van der Waals surface area contributed by atoms with E-state index in [0.717, 1.165) is 22.8 Å². The zero-order chi connectivity index (χ0) is 13.7. The molecule has 2 aromatic rings. The van der Waals surface area contributed by atoms with Gasteiger partial charge in [0.2, 0.25) is 5.69 Å². The lowest BCUT2D eigenvalue weighted by Crippen LogP contribution is -2.35. The van der Waals surface area contributed by atoms with Gasteiger partial charge >= 0.3 is 0 Å². The van der Waals surface area contributed by atoms with Crippen LogP contribution in [0.1, 0.15) is 11.3 Å². The Bertz CT molecular complexity index is 594. The maximum absolute atomic E-state index is 5.33. The molecule has 0 saturated heterocycles. The van der Waals surface area contributed by atoms with Gasteiger partial charge in [-0.05, 0) is 35.4 Å². The monoisotopic (exact) mass is 257 g/mol. The second-order valence-corrected chi connectivity index (χ2v) is 4.01. The highest BCUT2D eigenvalue weighted by molar-refractivity contribution is 5.71. The van der Waals surface area contributed by atoms with Gasteiger partial charge < -0.3 is 9.47 Å². The van der Waals surface area contributed by atoms with Crippen LogP contribution in [-0.2, 0) is 7.05 Å². The first-order valence-electron chi connectivity index (χ1n) is 5.96. The van der Waals surface area contributed by atoms with Gasteiger partial charge in [0.05, 0.1) is 20.4 Å². The van der Waals surface area contributed by atoms with E-state index in [1.54, 1.807) is 20.4 Å².